The first-order chi connectivity index (χ1) is 44.6. The number of hydrogen-bond acceptors (Lipinski definition) is 6. The number of aromatic hydroxyl groups is 2. The van der Waals surface area contributed by atoms with E-state index in [1.54, 1.807) is 0 Å². The predicted octanol–water partition coefficient (Wildman–Crippen LogP) is 23.8. The van der Waals surface area contributed by atoms with E-state index in [4.69, 9.17) is 9.47 Å². The zero-order valence-corrected chi connectivity index (χ0v) is 64.6. The van der Waals surface area contributed by atoms with Crippen LogP contribution in [-0.4, -0.2) is 60.8 Å². The van der Waals surface area contributed by atoms with Gasteiger partial charge in [-0.2, -0.15) is 0 Å². The number of hydrogen-bond donors (Lipinski definition) is 2. The Morgan fingerprint density at radius 3 is 0.887 bits per heavy atom. The summed E-state index contributed by atoms with van der Waals surface area (Å²) in [6.45, 7) is 55.4. The molecule has 8 nitrogen and oxygen atoms in total. The van der Waals surface area contributed by atoms with Crippen LogP contribution in [0.15, 0.2) is 121 Å². The summed E-state index contributed by atoms with van der Waals surface area (Å²) in [7, 11) is 8.30. The smallest absolute Gasteiger partial charge is 0.151 e. The maximum Gasteiger partial charge on any atom is 0.151 e. The highest BCUT2D eigenvalue weighted by molar-refractivity contribution is 6.12. The molecule has 8 aromatic carbocycles. The number of aryl methyl sites for hydroxylation is 2. The van der Waals surface area contributed by atoms with E-state index in [1.165, 1.54) is 22.3 Å². The molecular formula is C89H116N4O4. The molecule has 0 saturated heterocycles. The van der Waals surface area contributed by atoms with E-state index in [2.05, 4.69) is 335 Å². The second kappa shape index (κ2) is 25.2. The molecule has 2 N–H and O–H groups in total. The van der Waals surface area contributed by atoms with Crippen LogP contribution >= 0.6 is 0 Å². The molecule has 0 fully saturated rings. The quantitative estimate of drug-likeness (QED) is 0.0939. The molecule has 8 heteroatoms. The molecule has 0 amide bonds. The van der Waals surface area contributed by atoms with Gasteiger partial charge >= 0.3 is 0 Å². The molecule has 0 aliphatic heterocycles. The Labute approximate surface area is 583 Å². The van der Waals surface area contributed by atoms with Crippen LogP contribution in [0.4, 0.5) is 11.4 Å². The van der Waals surface area contributed by atoms with Crippen molar-refractivity contribution in [2.24, 2.45) is 10.8 Å². The lowest BCUT2D eigenvalue weighted by Gasteiger charge is -2.36. The minimum absolute atomic E-state index is 0.0702. The van der Waals surface area contributed by atoms with Gasteiger partial charge in [0.05, 0.1) is 35.3 Å². The van der Waals surface area contributed by atoms with Crippen LogP contribution in [0.2, 0.25) is 0 Å². The third-order valence-corrected chi connectivity index (χ3v) is 19.9. The van der Waals surface area contributed by atoms with Crippen LogP contribution in [0.5, 0.6) is 23.0 Å². The van der Waals surface area contributed by atoms with Crippen molar-refractivity contribution in [2.75, 3.05) is 51.2 Å². The van der Waals surface area contributed by atoms with Gasteiger partial charge in [0, 0.05) is 89.8 Å². The molecule has 2 aromatic heterocycles. The van der Waals surface area contributed by atoms with Gasteiger partial charge < -0.3 is 38.6 Å². The summed E-state index contributed by atoms with van der Waals surface area (Å²) in [5.74, 6) is 1.61. The van der Waals surface area contributed by atoms with Gasteiger partial charge in [0.25, 0.3) is 0 Å². The first kappa shape index (κ1) is 71.9. The van der Waals surface area contributed by atoms with Crippen LogP contribution in [0.3, 0.4) is 0 Å². The van der Waals surface area contributed by atoms with Crippen molar-refractivity contribution < 1.29 is 19.7 Å². The lowest BCUT2D eigenvalue weighted by Crippen LogP contribution is -2.27. The van der Waals surface area contributed by atoms with Gasteiger partial charge in [-0.1, -0.05) is 189 Å². The summed E-state index contributed by atoms with van der Waals surface area (Å²) in [5.41, 5.74) is 18.4. The highest BCUT2D eigenvalue weighted by Crippen LogP contribution is 2.55. The van der Waals surface area contributed by atoms with E-state index >= 15 is 0 Å². The number of ether oxygens (including phenoxy) is 2. The van der Waals surface area contributed by atoms with Gasteiger partial charge in [-0.3, -0.25) is 0 Å². The van der Waals surface area contributed by atoms with Crippen molar-refractivity contribution >= 4 is 55.0 Å². The second-order valence-corrected chi connectivity index (χ2v) is 36.8. The van der Waals surface area contributed by atoms with Crippen LogP contribution < -0.4 is 19.3 Å². The molecule has 0 radical (unpaired) electrons. The molecule has 10 rings (SSSR count). The van der Waals surface area contributed by atoms with Crippen LogP contribution in [0.1, 0.15) is 216 Å². The first-order valence-corrected chi connectivity index (χ1v) is 35.5. The standard InChI is InChI=1S/C89H116N4O4/c1-54-40-56(44-62(42-54)90(25)26)64-50-70(88(21,22)52-82(3,4)5)80(76(78(64)94)92-72-34-30-58(84(9,10)11)46-66(72)67-47-59(85(12,13)14)31-35-73(67)92)96-38-29-39-97-81-71(89(23,24)53-83(6,7)8)51-65(57-41-55(2)43-63(45-57)91(27)28)79(95)77(81)93-74-36-32-60(86(15,16)17)48-68(74)69-49-61(87(18,19)20)33-37-75(69)93/h30-37,40-51,94-95H,29,38-39,52-53H2,1-28H3. The molecule has 0 aliphatic carbocycles. The molecule has 0 unspecified atom stereocenters. The minimum Gasteiger partial charge on any atom is -0.505 e. The molecule has 0 atom stereocenters. The van der Waals surface area contributed by atoms with Gasteiger partial charge in [0.1, 0.15) is 11.4 Å². The van der Waals surface area contributed by atoms with E-state index in [0.29, 0.717) is 29.3 Å². The second-order valence-electron chi connectivity index (χ2n) is 36.8. The Morgan fingerprint density at radius 2 is 0.639 bits per heavy atom. The number of nitrogens with zero attached hydrogens (tertiary/aromatic N) is 4. The van der Waals surface area contributed by atoms with Gasteiger partial charge in [-0.25, -0.2) is 0 Å². The fourth-order valence-electron chi connectivity index (χ4n) is 15.4. The van der Waals surface area contributed by atoms with Gasteiger partial charge in [0.15, 0.2) is 23.0 Å². The number of aromatic nitrogens is 2. The monoisotopic (exact) mass is 1300 g/mol. The van der Waals surface area contributed by atoms with E-state index in [9.17, 15) is 10.2 Å². The van der Waals surface area contributed by atoms with E-state index in [0.717, 1.165) is 112 Å². The number of phenols is 2. The molecule has 97 heavy (non-hydrogen) atoms. The van der Waals surface area contributed by atoms with Crippen molar-refractivity contribution in [1.29, 1.82) is 0 Å². The molecule has 516 valence electrons. The Bertz CT molecular complexity index is 4210. The molecule has 2 heterocycles. The summed E-state index contributed by atoms with van der Waals surface area (Å²) in [4.78, 5) is 4.27. The first-order valence-electron chi connectivity index (χ1n) is 35.5. The molecule has 0 bridgehead atoms. The minimum atomic E-state index is -0.455. The van der Waals surface area contributed by atoms with E-state index in [-0.39, 0.29) is 57.2 Å². The number of anilines is 2. The zero-order valence-electron chi connectivity index (χ0n) is 64.6. The van der Waals surface area contributed by atoms with Crippen molar-refractivity contribution in [3.05, 3.63) is 166 Å². The summed E-state index contributed by atoms with van der Waals surface area (Å²) in [6, 6.07) is 45.2. The van der Waals surface area contributed by atoms with Crippen molar-refractivity contribution in [1.82, 2.24) is 9.13 Å². The Morgan fingerprint density at radius 1 is 0.361 bits per heavy atom. The van der Waals surface area contributed by atoms with Crippen LogP contribution in [0, 0.1) is 24.7 Å². The van der Waals surface area contributed by atoms with Crippen molar-refractivity contribution in [3.63, 3.8) is 0 Å². The third kappa shape index (κ3) is 14.5. The highest BCUT2D eigenvalue weighted by atomic mass is 16.5. The summed E-state index contributed by atoms with van der Waals surface area (Å²) in [5, 5.41) is 32.0. The SMILES string of the molecule is Cc1cc(-c2cc(C(C)(C)CC(C)(C)C)c(OCCCOc3c(C(C)(C)CC(C)(C)C)cc(-c4cc(C)cc(N(C)C)c4)c(O)c3-n3c4ccc(C(C)(C)C)cc4c4cc(C(C)(C)C)ccc43)c(-n3c4ccc(C(C)(C)C)cc4c4cc(C(C)(C)C)ccc43)c2O)cc(N(C)C)c1. The summed E-state index contributed by atoms with van der Waals surface area (Å²) >= 11 is 0. The van der Waals surface area contributed by atoms with Crippen molar-refractivity contribution in [2.45, 2.75) is 218 Å². The molecule has 0 spiro atoms. The average Bonchev–Trinajstić information content (AvgIpc) is 1.63. The van der Waals surface area contributed by atoms with E-state index in [1.807, 2.05) is 0 Å². The highest BCUT2D eigenvalue weighted by Gasteiger charge is 2.38. The van der Waals surface area contributed by atoms with Crippen LogP contribution in [-0.2, 0) is 32.5 Å². The fraction of sp³-hybridized carbons (Fsp3) is 0.461. The van der Waals surface area contributed by atoms with E-state index < -0.39 is 10.8 Å². The van der Waals surface area contributed by atoms with Gasteiger partial charge in [-0.05, 0) is 199 Å². The molecule has 0 saturated carbocycles. The summed E-state index contributed by atoms with van der Waals surface area (Å²) in [6.07, 6.45) is 2.15. The Hall–Kier alpha value is -7.84. The Kier molecular flexibility index (Phi) is 18.7. The van der Waals surface area contributed by atoms with Gasteiger partial charge in [-0.15, -0.1) is 0 Å². The number of fused-ring (bicyclic) bond motifs is 6. The fourth-order valence-corrected chi connectivity index (χ4v) is 15.4. The lowest BCUT2D eigenvalue weighted by molar-refractivity contribution is 0.229. The Balaban J connectivity index is 1.23. The summed E-state index contributed by atoms with van der Waals surface area (Å²) < 4.78 is 19.8. The molecule has 10 aromatic rings. The predicted molar refractivity (Wildman–Crippen MR) is 418 cm³/mol. The van der Waals surface area contributed by atoms with Crippen LogP contribution in [0.25, 0.3) is 77.2 Å². The third-order valence-electron chi connectivity index (χ3n) is 19.9. The van der Waals surface area contributed by atoms with Crippen molar-refractivity contribution in [3.8, 4) is 56.6 Å². The maximum absolute atomic E-state index is 13.8. The normalized spacial score (nSPS) is 13.2. The maximum atomic E-state index is 13.8. The topological polar surface area (TPSA) is 75.3 Å². The number of rotatable bonds is 16. The number of benzene rings is 8. The lowest BCUT2D eigenvalue weighted by atomic mass is 9.71. The average molecular weight is 1310 g/mol. The zero-order chi connectivity index (χ0) is 71.6. The van der Waals surface area contributed by atoms with Gasteiger partial charge in [0.2, 0.25) is 0 Å². The molecule has 0 aliphatic rings. The largest absolute Gasteiger partial charge is 0.505 e. The molecular weight excluding hydrogens is 1190 g/mol. The number of phenolic OH excluding ortho intramolecular Hbond substituents is 2.